The molecule has 3 heteroatoms. The third kappa shape index (κ3) is 3.50. The molecule has 0 spiro atoms. The summed E-state index contributed by atoms with van der Waals surface area (Å²) in [5, 5.41) is 0. The molecule has 0 aliphatic carbocycles. The van der Waals surface area contributed by atoms with Crippen LogP contribution < -0.4 is 5.73 Å². The van der Waals surface area contributed by atoms with E-state index in [1.165, 1.54) is 0 Å². The molecule has 0 saturated heterocycles. The molecule has 0 amide bonds. The van der Waals surface area contributed by atoms with Crippen LogP contribution >= 0.6 is 0 Å². The number of rotatable bonds is 5. The summed E-state index contributed by atoms with van der Waals surface area (Å²) in [6.07, 6.45) is 2.94. The molecular weight excluding hydrogens is 210 g/mol. The minimum absolute atomic E-state index is 0.417. The Morgan fingerprint density at radius 3 is 2.41 bits per heavy atom. The Balaban J connectivity index is 3.21. The number of nitrogens with zero attached hydrogens (tertiary/aromatic N) is 2. The van der Waals surface area contributed by atoms with Crippen LogP contribution in [0.2, 0.25) is 0 Å². The van der Waals surface area contributed by atoms with Crippen molar-refractivity contribution in [3.8, 4) is 0 Å². The van der Waals surface area contributed by atoms with E-state index in [2.05, 4.69) is 43.7 Å². The summed E-state index contributed by atoms with van der Waals surface area (Å²) in [6, 6.07) is 2.11. The first-order valence-electron chi connectivity index (χ1n) is 6.58. The van der Waals surface area contributed by atoms with Gasteiger partial charge in [0.2, 0.25) is 0 Å². The standard InChI is InChI=1S/C14H25N3/c1-6-8-11-9-12(10(3)4)17-13(16-11)14(5,15)7-2/h9-10H,6-8,15H2,1-5H3. The first-order valence-corrected chi connectivity index (χ1v) is 6.58. The van der Waals surface area contributed by atoms with Gasteiger partial charge < -0.3 is 5.73 Å². The maximum atomic E-state index is 6.25. The summed E-state index contributed by atoms with van der Waals surface area (Å²) in [4.78, 5) is 9.23. The molecule has 1 aromatic heterocycles. The molecule has 0 radical (unpaired) electrons. The molecule has 1 aromatic rings. The van der Waals surface area contributed by atoms with E-state index >= 15 is 0 Å². The van der Waals surface area contributed by atoms with Crippen molar-refractivity contribution >= 4 is 0 Å². The Hall–Kier alpha value is -0.960. The fraction of sp³-hybridized carbons (Fsp3) is 0.714. The summed E-state index contributed by atoms with van der Waals surface area (Å²) in [7, 11) is 0. The van der Waals surface area contributed by atoms with E-state index < -0.39 is 5.54 Å². The first kappa shape index (κ1) is 14.1. The van der Waals surface area contributed by atoms with Gasteiger partial charge in [-0.3, -0.25) is 0 Å². The Morgan fingerprint density at radius 2 is 1.94 bits per heavy atom. The second-order valence-electron chi connectivity index (χ2n) is 5.28. The van der Waals surface area contributed by atoms with Gasteiger partial charge in [0, 0.05) is 11.4 Å². The van der Waals surface area contributed by atoms with E-state index in [0.717, 1.165) is 36.5 Å². The zero-order valence-corrected chi connectivity index (χ0v) is 11.7. The first-order chi connectivity index (χ1) is 7.90. The van der Waals surface area contributed by atoms with Crippen molar-refractivity contribution in [1.29, 1.82) is 0 Å². The third-order valence-electron chi connectivity index (χ3n) is 3.14. The normalized spacial score (nSPS) is 15.0. The van der Waals surface area contributed by atoms with Crippen LogP contribution in [0.5, 0.6) is 0 Å². The molecule has 1 atom stereocenters. The van der Waals surface area contributed by atoms with Gasteiger partial charge in [0.05, 0.1) is 5.54 Å². The molecule has 0 bridgehead atoms. The molecule has 0 aliphatic rings. The Bertz CT molecular complexity index is 370. The highest BCUT2D eigenvalue weighted by Crippen LogP contribution is 2.21. The molecule has 2 N–H and O–H groups in total. The number of hydrogen-bond donors (Lipinski definition) is 1. The second kappa shape index (κ2) is 5.58. The van der Waals surface area contributed by atoms with Gasteiger partial charge in [0.1, 0.15) is 5.82 Å². The maximum absolute atomic E-state index is 6.25. The van der Waals surface area contributed by atoms with Crippen molar-refractivity contribution in [1.82, 2.24) is 9.97 Å². The fourth-order valence-corrected chi connectivity index (χ4v) is 1.61. The lowest BCUT2D eigenvalue weighted by Crippen LogP contribution is -2.35. The van der Waals surface area contributed by atoms with Gasteiger partial charge >= 0.3 is 0 Å². The molecule has 17 heavy (non-hydrogen) atoms. The van der Waals surface area contributed by atoms with Crippen molar-refractivity contribution in [2.75, 3.05) is 0 Å². The lowest BCUT2D eigenvalue weighted by molar-refractivity contribution is 0.440. The van der Waals surface area contributed by atoms with Crippen LogP contribution in [0.1, 0.15) is 70.6 Å². The average Bonchev–Trinajstić information content (AvgIpc) is 2.29. The quantitative estimate of drug-likeness (QED) is 0.853. The molecule has 0 fully saturated rings. The van der Waals surface area contributed by atoms with E-state index in [9.17, 15) is 0 Å². The predicted molar refractivity (Wildman–Crippen MR) is 71.9 cm³/mol. The Kier molecular flexibility index (Phi) is 4.63. The minimum atomic E-state index is -0.423. The van der Waals surface area contributed by atoms with Crippen molar-refractivity contribution in [3.63, 3.8) is 0 Å². The maximum Gasteiger partial charge on any atom is 0.148 e. The lowest BCUT2D eigenvalue weighted by Gasteiger charge is -2.22. The molecule has 0 aromatic carbocycles. The van der Waals surface area contributed by atoms with Crippen LogP contribution in [0.15, 0.2) is 6.07 Å². The van der Waals surface area contributed by atoms with Gasteiger partial charge in [-0.1, -0.05) is 34.1 Å². The summed E-state index contributed by atoms with van der Waals surface area (Å²) >= 11 is 0. The fourth-order valence-electron chi connectivity index (χ4n) is 1.61. The van der Waals surface area contributed by atoms with Gasteiger partial charge in [-0.2, -0.15) is 0 Å². The smallest absolute Gasteiger partial charge is 0.148 e. The summed E-state index contributed by atoms with van der Waals surface area (Å²) in [6.45, 7) is 10.6. The number of nitrogens with two attached hydrogens (primary N) is 1. The SMILES string of the molecule is CCCc1cc(C(C)C)nc(C(C)(N)CC)n1. The Morgan fingerprint density at radius 1 is 1.29 bits per heavy atom. The number of aromatic nitrogens is 2. The molecule has 1 heterocycles. The van der Waals surface area contributed by atoms with Crippen LogP contribution in [-0.4, -0.2) is 9.97 Å². The van der Waals surface area contributed by atoms with E-state index in [1.807, 2.05) is 6.92 Å². The van der Waals surface area contributed by atoms with Crippen LogP contribution in [0.4, 0.5) is 0 Å². The summed E-state index contributed by atoms with van der Waals surface area (Å²) < 4.78 is 0. The molecule has 1 rings (SSSR count). The van der Waals surface area contributed by atoms with Crippen LogP contribution in [0, 0.1) is 0 Å². The average molecular weight is 235 g/mol. The van der Waals surface area contributed by atoms with Gasteiger partial charge in [-0.15, -0.1) is 0 Å². The van der Waals surface area contributed by atoms with Crippen LogP contribution in [0.25, 0.3) is 0 Å². The summed E-state index contributed by atoms with van der Waals surface area (Å²) in [5.74, 6) is 1.20. The molecule has 96 valence electrons. The van der Waals surface area contributed by atoms with Gasteiger partial charge in [-0.25, -0.2) is 9.97 Å². The van der Waals surface area contributed by atoms with E-state index in [4.69, 9.17) is 5.73 Å². The molecule has 0 saturated carbocycles. The zero-order chi connectivity index (χ0) is 13.1. The van der Waals surface area contributed by atoms with Crippen molar-refractivity contribution in [2.24, 2.45) is 5.73 Å². The highest BCUT2D eigenvalue weighted by molar-refractivity contribution is 5.17. The largest absolute Gasteiger partial charge is 0.319 e. The second-order valence-corrected chi connectivity index (χ2v) is 5.28. The molecule has 3 nitrogen and oxygen atoms in total. The molecule has 0 aliphatic heterocycles. The topological polar surface area (TPSA) is 51.8 Å². The highest BCUT2D eigenvalue weighted by Gasteiger charge is 2.23. The van der Waals surface area contributed by atoms with Gasteiger partial charge in [-0.05, 0) is 31.7 Å². The third-order valence-corrected chi connectivity index (χ3v) is 3.14. The zero-order valence-electron chi connectivity index (χ0n) is 11.7. The molecule has 1 unspecified atom stereocenters. The predicted octanol–water partition coefficient (Wildman–Crippen LogP) is 3.14. The monoisotopic (exact) mass is 235 g/mol. The summed E-state index contributed by atoms with van der Waals surface area (Å²) in [5.41, 5.74) is 8.04. The van der Waals surface area contributed by atoms with Crippen LogP contribution in [-0.2, 0) is 12.0 Å². The number of hydrogen-bond acceptors (Lipinski definition) is 3. The molecular formula is C14H25N3. The van der Waals surface area contributed by atoms with Gasteiger partial charge in [0.15, 0.2) is 0 Å². The van der Waals surface area contributed by atoms with E-state index in [0.29, 0.717) is 5.92 Å². The van der Waals surface area contributed by atoms with Gasteiger partial charge in [0.25, 0.3) is 0 Å². The Labute approximate surface area is 105 Å². The van der Waals surface area contributed by atoms with Crippen molar-refractivity contribution in [3.05, 3.63) is 23.3 Å². The van der Waals surface area contributed by atoms with E-state index in [1.54, 1.807) is 0 Å². The number of aryl methyl sites for hydroxylation is 1. The highest BCUT2D eigenvalue weighted by atomic mass is 15.0. The van der Waals surface area contributed by atoms with Crippen molar-refractivity contribution in [2.45, 2.75) is 65.3 Å². The van der Waals surface area contributed by atoms with Crippen molar-refractivity contribution < 1.29 is 0 Å². The van der Waals surface area contributed by atoms with E-state index in [-0.39, 0.29) is 0 Å². The lowest BCUT2D eigenvalue weighted by atomic mass is 9.98. The minimum Gasteiger partial charge on any atom is -0.319 e. The van der Waals surface area contributed by atoms with Crippen LogP contribution in [0.3, 0.4) is 0 Å².